The molecule has 0 aliphatic heterocycles. The summed E-state index contributed by atoms with van der Waals surface area (Å²) in [7, 11) is 1.59. The summed E-state index contributed by atoms with van der Waals surface area (Å²) in [5.74, 6) is 0.949. The molecular formula is C18H17N3O4. The van der Waals surface area contributed by atoms with E-state index in [2.05, 4.69) is 10.3 Å². The number of amides is 1. The van der Waals surface area contributed by atoms with Crippen molar-refractivity contribution in [3.8, 4) is 17.2 Å². The standard InChI is InChI=1S/C18H17N3O4/c1-24-14-5-2-4-13(8-14)10-19-17(22)11-21-12-20-15(9-18(21)23)16-6-3-7-25-16/h2-9,12H,10-11H2,1H3,(H,19,22). The molecule has 128 valence electrons. The normalized spacial score (nSPS) is 10.4. The van der Waals surface area contributed by atoms with E-state index in [1.807, 2.05) is 24.3 Å². The highest BCUT2D eigenvalue weighted by Gasteiger charge is 2.08. The Bertz CT molecular complexity index is 916. The van der Waals surface area contributed by atoms with Crippen molar-refractivity contribution in [2.24, 2.45) is 0 Å². The van der Waals surface area contributed by atoms with E-state index in [0.29, 0.717) is 18.0 Å². The number of benzene rings is 1. The summed E-state index contributed by atoms with van der Waals surface area (Å²) in [4.78, 5) is 28.3. The number of methoxy groups -OCH3 is 1. The number of nitrogens with one attached hydrogen (secondary N) is 1. The zero-order chi connectivity index (χ0) is 17.6. The van der Waals surface area contributed by atoms with Gasteiger partial charge in [-0.05, 0) is 29.8 Å². The zero-order valence-corrected chi connectivity index (χ0v) is 13.6. The van der Waals surface area contributed by atoms with Gasteiger partial charge in [0.25, 0.3) is 5.56 Å². The molecule has 3 rings (SSSR count). The second-order valence-electron chi connectivity index (χ2n) is 5.35. The number of carbonyl (C=O) groups is 1. The van der Waals surface area contributed by atoms with Gasteiger partial charge in [-0.1, -0.05) is 12.1 Å². The SMILES string of the molecule is COc1cccc(CNC(=O)Cn2cnc(-c3ccco3)cc2=O)c1. The highest BCUT2D eigenvalue weighted by atomic mass is 16.5. The van der Waals surface area contributed by atoms with Crippen molar-refractivity contribution in [3.05, 3.63) is 71.0 Å². The van der Waals surface area contributed by atoms with E-state index in [1.54, 1.807) is 19.2 Å². The fourth-order valence-corrected chi connectivity index (χ4v) is 2.30. The second kappa shape index (κ2) is 7.48. The second-order valence-corrected chi connectivity index (χ2v) is 5.35. The number of rotatable bonds is 6. The summed E-state index contributed by atoms with van der Waals surface area (Å²) in [6.07, 6.45) is 2.85. The molecule has 0 saturated heterocycles. The molecule has 0 aliphatic carbocycles. The van der Waals surface area contributed by atoms with E-state index in [1.165, 1.54) is 23.2 Å². The van der Waals surface area contributed by atoms with Crippen molar-refractivity contribution >= 4 is 5.91 Å². The van der Waals surface area contributed by atoms with Crippen LogP contribution in [-0.4, -0.2) is 22.6 Å². The Morgan fingerprint density at radius 1 is 1.28 bits per heavy atom. The molecule has 2 heterocycles. The van der Waals surface area contributed by atoms with Crippen LogP contribution < -0.4 is 15.6 Å². The van der Waals surface area contributed by atoms with Crippen LogP contribution in [0.2, 0.25) is 0 Å². The molecule has 0 spiro atoms. The van der Waals surface area contributed by atoms with Crippen LogP contribution in [0.25, 0.3) is 11.5 Å². The van der Waals surface area contributed by atoms with Crippen molar-refractivity contribution in [1.82, 2.24) is 14.9 Å². The van der Waals surface area contributed by atoms with Crippen molar-refractivity contribution in [2.45, 2.75) is 13.1 Å². The molecule has 1 amide bonds. The Balaban J connectivity index is 1.62. The molecule has 7 heteroatoms. The number of furan rings is 1. The molecule has 1 N–H and O–H groups in total. The minimum Gasteiger partial charge on any atom is -0.497 e. The first-order valence-corrected chi connectivity index (χ1v) is 7.66. The number of aromatic nitrogens is 2. The molecular weight excluding hydrogens is 322 g/mol. The number of nitrogens with zero attached hydrogens (tertiary/aromatic N) is 2. The highest BCUT2D eigenvalue weighted by Crippen LogP contribution is 2.14. The number of carbonyl (C=O) groups excluding carboxylic acids is 1. The molecule has 7 nitrogen and oxygen atoms in total. The summed E-state index contributed by atoms with van der Waals surface area (Å²) in [5, 5.41) is 2.77. The molecule has 25 heavy (non-hydrogen) atoms. The van der Waals surface area contributed by atoms with Gasteiger partial charge in [-0.3, -0.25) is 14.2 Å². The monoisotopic (exact) mass is 339 g/mol. The van der Waals surface area contributed by atoms with Crippen LogP contribution in [0.1, 0.15) is 5.56 Å². The molecule has 0 bridgehead atoms. The summed E-state index contributed by atoms with van der Waals surface area (Å²) >= 11 is 0. The average molecular weight is 339 g/mol. The van der Waals surface area contributed by atoms with Gasteiger partial charge in [-0.25, -0.2) is 4.98 Å². The van der Waals surface area contributed by atoms with E-state index < -0.39 is 0 Å². The summed E-state index contributed by atoms with van der Waals surface area (Å²) < 4.78 is 11.6. The third-order valence-corrected chi connectivity index (χ3v) is 3.59. The van der Waals surface area contributed by atoms with E-state index in [4.69, 9.17) is 9.15 Å². The van der Waals surface area contributed by atoms with Gasteiger partial charge < -0.3 is 14.5 Å². The Morgan fingerprint density at radius 3 is 2.88 bits per heavy atom. The highest BCUT2D eigenvalue weighted by molar-refractivity contribution is 5.75. The predicted octanol–water partition coefficient (Wildman–Crippen LogP) is 1.83. The van der Waals surface area contributed by atoms with Crippen LogP contribution in [0, 0.1) is 0 Å². The smallest absolute Gasteiger partial charge is 0.254 e. The number of ether oxygens (including phenoxy) is 1. The molecule has 2 aromatic heterocycles. The van der Waals surface area contributed by atoms with Gasteiger partial charge in [0, 0.05) is 12.6 Å². The van der Waals surface area contributed by atoms with E-state index >= 15 is 0 Å². The van der Waals surface area contributed by atoms with Gasteiger partial charge in [0.15, 0.2) is 5.76 Å². The van der Waals surface area contributed by atoms with Crippen molar-refractivity contribution < 1.29 is 13.9 Å². The van der Waals surface area contributed by atoms with Crippen LogP contribution in [0.4, 0.5) is 0 Å². The molecule has 0 fully saturated rings. The summed E-state index contributed by atoms with van der Waals surface area (Å²) in [5.41, 5.74) is 1.02. The minimum atomic E-state index is -0.321. The molecule has 1 aromatic carbocycles. The molecule has 3 aromatic rings. The lowest BCUT2D eigenvalue weighted by molar-refractivity contribution is -0.121. The molecule has 0 radical (unpaired) electrons. The molecule has 0 unspecified atom stereocenters. The summed E-state index contributed by atoms with van der Waals surface area (Å²) in [6, 6.07) is 12.2. The minimum absolute atomic E-state index is 0.103. The van der Waals surface area contributed by atoms with Crippen LogP contribution in [0.3, 0.4) is 0 Å². The molecule has 0 aliphatic rings. The lowest BCUT2D eigenvalue weighted by atomic mass is 10.2. The van der Waals surface area contributed by atoms with Crippen molar-refractivity contribution in [2.75, 3.05) is 7.11 Å². The van der Waals surface area contributed by atoms with Crippen molar-refractivity contribution in [3.63, 3.8) is 0 Å². The van der Waals surface area contributed by atoms with Gasteiger partial charge in [0.1, 0.15) is 18.0 Å². The third kappa shape index (κ3) is 4.14. The van der Waals surface area contributed by atoms with Crippen LogP contribution >= 0.6 is 0 Å². The van der Waals surface area contributed by atoms with Gasteiger partial charge in [-0.15, -0.1) is 0 Å². The fourth-order valence-electron chi connectivity index (χ4n) is 2.30. The first-order valence-electron chi connectivity index (χ1n) is 7.66. The first-order chi connectivity index (χ1) is 12.2. The zero-order valence-electron chi connectivity index (χ0n) is 13.6. The quantitative estimate of drug-likeness (QED) is 0.740. The van der Waals surface area contributed by atoms with Crippen molar-refractivity contribution in [1.29, 1.82) is 0 Å². The maximum absolute atomic E-state index is 12.1. The Labute approximate surface area is 143 Å². The maximum atomic E-state index is 12.1. The lowest BCUT2D eigenvalue weighted by Crippen LogP contribution is -2.31. The molecule has 0 saturated carbocycles. The van der Waals surface area contributed by atoms with E-state index in [9.17, 15) is 9.59 Å². The van der Waals surface area contributed by atoms with Crippen LogP contribution in [-0.2, 0) is 17.9 Å². The Kier molecular flexibility index (Phi) is 4.94. The molecule has 0 atom stereocenters. The van der Waals surface area contributed by atoms with Gasteiger partial charge in [0.2, 0.25) is 5.91 Å². The van der Waals surface area contributed by atoms with E-state index in [0.717, 1.165) is 11.3 Å². The fraction of sp³-hybridized carbons (Fsp3) is 0.167. The maximum Gasteiger partial charge on any atom is 0.254 e. The van der Waals surface area contributed by atoms with E-state index in [-0.39, 0.29) is 18.0 Å². The average Bonchev–Trinajstić information content (AvgIpc) is 3.16. The Morgan fingerprint density at radius 2 is 2.16 bits per heavy atom. The van der Waals surface area contributed by atoms with Crippen LogP contribution in [0.5, 0.6) is 5.75 Å². The van der Waals surface area contributed by atoms with Gasteiger partial charge in [0.05, 0.1) is 19.7 Å². The van der Waals surface area contributed by atoms with Crippen LogP contribution in [0.15, 0.2) is 64.3 Å². The number of hydrogen-bond acceptors (Lipinski definition) is 5. The van der Waals surface area contributed by atoms with Gasteiger partial charge >= 0.3 is 0 Å². The largest absolute Gasteiger partial charge is 0.497 e. The topological polar surface area (TPSA) is 86.4 Å². The van der Waals surface area contributed by atoms with Gasteiger partial charge in [-0.2, -0.15) is 0 Å². The Hall–Kier alpha value is -3.35. The lowest BCUT2D eigenvalue weighted by Gasteiger charge is -2.08. The summed E-state index contributed by atoms with van der Waals surface area (Å²) in [6.45, 7) is 0.247. The number of hydrogen-bond donors (Lipinski definition) is 1. The first kappa shape index (κ1) is 16.5. The predicted molar refractivity (Wildman–Crippen MR) is 91.0 cm³/mol. The third-order valence-electron chi connectivity index (χ3n) is 3.59.